The Kier molecular flexibility index (Phi) is 8.18. The number of hydrogen-bond donors (Lipinski definition) is 2. The first kappa shape index (κ1) is 26.7. The molecule has 3 aromatic carbocycles. The highest BCUT2D eigenvalue weighted by Gasteiger charge is 2.21. The number of carbonyl (C=O) groups is 1. The van der Waals surface area contributed by atoms with Gasteiger partial charge in [-0.15, -0.1) is 0 Å². The summed E-state index contributed by atoms with van der Waals surface area (Å²) in [5.41, 5.74) is -0.0381. The van der Waals surface area contributed by atoms with Crippen LogP contribution in [-0.4, -0.2) is 31.4 Å². The average Bonchev–Trinajstić information content (AvgIpc) is 2.87. The minimum absolute atomic E-state index is 0.00216. The van der Waals surface area contributed by atoms with Crippen molar-refractivity contribution in [2.24, 2.45) is 0 Å². The second-order valence-electron chi connectivity index (χ2n) is 7.30. The number of amides is 1. The molecule has 37 heavy (non-hydrogen) atoms. The summed E-state index contributed by atoms with van der Waals surface area (Å²) < 4.78 is 39.9. The number of hydrogen-bond acceptors (Lipinski definition) is 7. The molecule has 0 radical (unpaired) electrons. The molecule has 0 spiro atoms. The molecule has 1 amide bonds. The fourth-order valence-corrected chi connectivity index (χ4v) is 4.78. The quantitative estimate of drug-likeness (QED) is 0.233. The van der Waals surface area contributed by atoms with E-state index in [1.165, 1.54) is 55.8 Å². The molecule has 1 heterocycles. The first-order chi connectivity index (χ1) is 17.7. The molecule has 4 aromatic rings. The number of nitrogens with one attached hydrogen (secondary N) is 2. The van der Waals surface area contributed by atoms with Gasteiger partial charge < -0.3 is 14.8 Å². The fraction of sp³-hybridized carbons (Fsp3) is 0.0417. The summed E-state index contributed by atoms with van der Waals surface area (Å²) in [7, 11) is -2.71. The summed E-state index contributed by atoms with van der Waals surface area (Å²) in [6.45, 7) is 0. The summed E-state index contributed by atoms with van der Waals surface area (Å²) in [6, 6.07) is 16.8. The van der Waals surface area contributed by atoms with Crippen LogP contribution in [-0.2, 0) is 10.0 Å². The molecule has 0 aliphatic rings. The van der Waals surface area contributed by atoms with E-state index in [2.05, 4.69) is 35.9 Å². The maximum absolute atomic E-state index is 13.1. The molecule has 0 unspecified atom stereocenters. The van der Waals surface area contributed by atoms with Gasteiger partial charge in [-0.25, -0.2) is 18.4 Å². The van der Waals surface area contributed by atoms with Gasteiger partial charge in [0.2, 0.25) is 0 Å². The van der Waals surface area contributed by atoms with Crippen LogP contribution in [0.4, 0.5) is 11.5 Å². The summed E-state index contributed by atoms with van der Waals surface area (Å²) in [5, 5.41) is 3.20. The van der Waals surface area contributed by atoms with Gasteiger partial charge in [0.25, 0.3) is 21.8 Å². The van der Waals surface area contributed by atoms with E-state index < -0.39 is 15.9 Å². The van der Waals surface area contributed by atoms with E-state index >= 15 is 0 Å². The summed E-state index contributed by atoms with van der Waals surface area (Å²) in [4.78, 5) is 21.1. The Hall–Kier alpha value is -3.38. The smallest absolute Gasteiger partial charge is 0.261 e. The maximum Gasteiger partial charge on any atom is 0.261 e. The van der Waals surface area contributed by atoms with Gasteiger partial charge in [-0.2, -0.15) is 0 Å². The van der Waals surface area contributed by atoms with Crippen LogP contribution in [0.2, 0.25) is 10.0 Å². The van der Waals surface area contributed by atoms with Crippen LogP contribution >= 0.6 is 39.1 Å². The third-order valence-corrected chi connectivity index (χ3v) is 7.12. The lowest BCUT2D eigenvalue weighted by molar-refractivity contribution is 0.102. The number of halogens is 3. The monoisotopic (exact) mass is 622 g/mol. The first-order valence-corrected chi connectivity index (χ1v) is 13.4. The number of rotatable bonds is 8. The number of sulfonamides is 1. The van der Waals surface area contributed by atoms with E-state index in [1.54, 1.807) is 24.3 Å². The Morgan fingerprint density at radius 2 is 1.76 bits per heavy atom. The zero-order valence-corrected chi connectivity index (χ0v) is 22.8. The highest BCUT2D eigenvalue weighted by Crippen LogP contribution is 2.30. The van der Waals surface area contributed by atoms with Gasteiger partial charge in [0.05, 0.1) is 34.5 Å². The van der Waals surface area contributed by atoms with Crippen LogP contribution in [0.3, 0.4) is 0 Å². The average molecular weight is 624 g/mol. The van der Waals surface area contributed by atoms with Crippen molar-refractivity contribution in [2.45, 2.75) is 4.90 Å². The number of nitrogens with zero attached hydrogens (tertiary/aromatic N) is 2. The van der Waals surface area contributed by atoms with Gasteiger partial charge in [-0.1, -0.05) is 35.3 Å². The van der Waals surface area contributed by atoms with Gasteiger partial charge in [-0.3, -0.25) is 9.52 Å². The number of aromatic nitrogens is 2. The van der Waals surface area contributed by atoms with Crippen molar-refractivity contribution in [3.8, 4) is 17.4 Å². The van der Waals surface area contributed by atoms with Crippen molar-refractivity contribution in [3.05, 3.63) is 93.1 Å². The molecule has 0 bridgehead atoms. The second-order valence-corrected chi connectivity index (χ2v) is 10.6. The van der Waals surface area contributed by atoms with Crippen molar-refractivity contribution in [3.63, 3.8) is 0 Å². The number of benzene rings is 3. The maximum atomic E-state index is 13.1. The van der Waals surface area contributed by atoms with Crippen LogP contribution in [0.5, 0.6) is 17.4 Å². The van der Waals surface area contributed by atoms with Gasteiger partial charge in [0.15, 0.2) is 5.82 Å². The normalized spacial score (nSPS) is 11.0. The van der Waals surface area contributed by atoms with Crippen LogP contribution in [0.15, 0.2) is 82.4 Å². The van der Waals surface area contributed by atoms with E-state index in [0.717, 1.165) is 0 Å². The Balaban J connectivity index is 1.56. The van der Waals surface area contributed by atoms with Crippen LogP contribution in [0.1, 0.15) is 10.4 Å². The minimum atomic E-state index is -4.08. The van der Waals surface area contributed by atoms with Gasteiger partial charge >= 0.3 is 0 Å². The van der Waals surface area contributed by atoms with Crippen molar-refractivity contribution < 1.29 is 22.7 Å². The van der Waals surface area contributed by atoms with Gasteiger partial charge in [0, 0.05) is 5.02 Å². The molecular formula is C24H17BrCl2N4O5S. The highest BCUT2D eigenvalue weighted by atomic mass is 79.9. The molecule has 0 saturated heterocycles. The molecule has 0 atom stereocenters. The van der Waals surface area contributed by atoms with E-state index in [9.17, 15) is 13.2 Å². The largest absolute Gasteiger partial charge is 0.478 e. The molecule has 190 valence electrons. The molecule has 1 aromatic heterocycles. The second kappa shape index (κ2) is 11.3. The zero-order chi connectivity index (χ0) is 26.6. The van der Waals surface area contributed by atoms with Crippen molar-refractivity contribution in [2.75, 3.05) is 17.1 Å². The molecule has 4 rings (SSSR count). The minimum Gasteiger partial charge on any atom is -0.478 e. The SMILES string of the molecule is COc1nc(Br)cnc1NC(=O)c1cc(Cl)ccc1NS(=O)(=O)c1ccc(Oc2ccccc2Cl)cc1. The molecule has 0 fully saturated rings. The molecule has 2 N–H and O–H groups in total. The molecule has 13 heteroatoms. The highest BCUT2D eigenvalue weighted by molar-refractivity contribution is 9.10. The third-order valence-electron chi connectivity index (χ3n) is 4.81. The number of anilines is 2. The van der Waals surface area contributed by atoms with Crippen molar-refractivity contribution in [1.82, 2.24) is 9.97 Å². The van der Waals surface area contributed by atoms with E-state index in [-0.39, 0.29) is 32.9 Å². The van der Waals surface area contributed by atoms with Gasteiger partial charge in [-0.05, 0) is 70.5 Å². The molecule has 9 nitrogen and oxygen atoms in total. The molecule has 0 aliphatic carbocycles. The number of carbonyl (C=O) groups excluding carboxylic acids is 1. The molecule has 0 aliphatic heterocycles. The number of methoxy groups -OCH3 is 1. The van der Waals surface area contributed by atoms with Crippen molar-refractivity contribution in [1.29, 1.82) is 0 Å². The van der Waals surface area contributed by atoms with Crippen LogP contribution in [0, 0.1) is 0 Å². The van der Waals surface area contributed by atoms with Gasteiger partial charge in [0.1, 0.15) is 16.1 Å². The topological polar surface area (TPSA) is 120 Å². The summed E-state index contributed by atoms with van der Waals surface area (Å²) in [5.74, 6) is 0.244. The Morgan fingerprint density at radius 1 is 1.03 bits per heavy atom. The summed E-state index contributed by atoms with van der Waals surface area (Å²) >= 11 is 15.4. The van der Waals surface area contributed by atoms with E-state index in [4.69, 9.17) is 32.7 Å². The Bertz CT molecular complexity index is 1570. The molecule has 0 saturated carbocycles. The molecular weight excluding hydrogens is 607 g/mol. The standard InChI is InChI=1S/C24H17BrCl2N4O5S/c1-35-24-22(28-13-21(25)29-24)30-23(32)17-12-14(26)6-11-19(17)31-37(33,34)16-9-7-15(8-10-16)36-20-5-3-2-4-18(20)27/h2-13,31H,1H3,(H,28,30,32). The number of para-hydroxylation sites is 1. The Labute approximate surface area is 230 Å². The number of ether oxygens (including phenoxy) is 2. The summed E-state index contributed by atoms with van der Waals surface area (Å²) in [6.07, 6.45) is 1.37. The lowest BCUT2D eigenvalue weighted by atomic mass is 10.1. The van der Waals surface area contributed by atoms with E-state index in [1.807, 2.05) is 0 Å². The predicted octanol–water partition coefficient (Wildman–Crippen LogP) is 6.40. The van der Waals surface area contributed by atoms with Crippen molar-refractivity contribution >= 4 is 66.6 Å². The van der Waals surface area contributed by atoms with Crippen LogP contribution < -0.4 is 19.5 Å². The lowest BCUT2D eigenvalue weighted by Crippen LogP contribution is -2.19. The zero-order valence-electron chi connectivity index (χ0n) is 18.9. The predicted molar refractivity (Wildman–Crippen MR) is 144 cm³/mol. The first-order valence-electron chi connectivity index (χ1n) is 10.4. The third kappa shape index (κ3) is 6.50. The van der Waals surface area contributed by atoms with Crippen LogP contribution in [0.25, 0.3) is 0 Å². The Morgan fingerprint density at radius 3 is 2.46 bits per heavy atom. The fourth-order valence-electron chi connectivity index (χ4n) is 3.09. The lowest BCUT2D eigenvalue weighted by Gasteiger charge is -2.14. The van der Waals surface area contributed by atoms with E-state index in [0.29, 0.717) is 21.1 Å².